The van der Waals surface area contributed by atoms with Gasteiger partial charge in [-0.3, -0.25) is 4.79 Å². The number of para-hydroxylation sites is 2. The summed E-state index contributed by atoms with van der Waals surface area (Å²) in [4.78, 5) is 16.7. The molecule has 1 atom stereocenters. The number of ether oxygens (including phenoxy) is 2. The van der Waals surface area contributed by atoms with E-state index < -0.39 is 23.8 Å². The lowest BCUT2D eigenvalue weighted by Crippen LogP contribution is -2.40. The Balaban J connectivity index is 1.54. The lowest BCUT2D eigenvalue weighted by atomic mass is 10.1. The van der Waals surface area contributed by atoms with Crippen LogP contribution in [0.5, 0.6) is 11.5 Å². The topological polar surface area (TPSA) is 86.5 Å². The Kier molecular flexibility index (Phi) is 4.73. The van der Waals surface area contributed by atoms with Crippen LogP contribution in [-0.2, 0) is 6.18 Å². The van der Waals surface area contributed by atoms with Crippen molar-refractivity contribution >= 4 is 33.1 Å². The monoisotopic (exact) mass is 423 g/mol. The molecule has 1 aliphatic heterocycles. The molecule has 0 spiro atoms. The fourth-order valence-corrected chi connectivity index (χ4v) is 4.17. The molecular formula is C19H16F3N3O3S. The highest BCUT2D eigenvalue weighted by atomic mass is 32.1. The van der Waals surface area contributed by atoms with Crippen molar-refractivity contribution in [3.8, 4) is 11.5 Å². The summed E-state index contributed by atoms with van der Waals surface area (Å²) < 4.78 is 51.5. The molecule has 10 heteroatoms. The Morgan fingerprint density at radius 1 is 1.34 bits per heavy atom. The molecule has 3 N–H and O–H groups in total. The zero-order valence-electron chi connectivity index (χ0n) is 15.2. The van der Waals surface area contributed by atoms with E-state index in [0.717, 1.165) is 17.4 Å². The molecule has 0 aliphatic carbocycles. The molecule has 0 saturated carbocycles. The van der Waals surface area contributed by atoms with Gasteiger partial charge in [-0.05, 0) is 25.1 Å². The quantitative estimate of drug-likeness (QED) is 0.670. The fourth-order valence-electron chi connectivity index (χ4n) is 3.09. The van der Waals surface area contributed by atoms with Crippen molar-refractivity contribution in [2.24, 2.45) is 0 Å². The smallest absolute Gasteiger partial charge is 0.417 e. The maximum atomic E-state index is 13.4. The first-order chi connectivity index (χ1) is 13.7. The first kappa shape index (κ1) is 19.3. The summed E-state index contributed by atoms with van der Waals surface area (Å²) in [7, 11) is 0. The zero-order valence-corrected chi connectivity index (χ0v) is 16.0. The maximum absolute atomic E-state index is 13.4. The molecule has 0 fully saturated rings. The van der Waals surface area contributed by atoms with E-state index in [0.29, 0.717) is 11.5 Å². The number of nitrogens with one attached hydrogen (secondary N) is 1. The molecule has 0 radical (unpaired) electrons. The number of nitrogen functional groups attached to an aromatic ring is 1. The Morgan fingerprint density at radius 3 is 2.79 bits per heavy atom. The van der Waals surface area contributed by atoms with Crippen LogP contribution in [0.4, 0.5) is 18.9 Å². The highest BCUT2D eigenvalue weighted by Crippen LogP contribution is 2.42. The second-order valence-corrected chi connectivity index (χ2v) is 7.54. The SMILES string of the molecule is Cc1cc(C(F)(F)F)c2c(N)c(C(=O)NCC3COc4ccccc4O3)sc2n1. The van der Waals surface area contributed by atoms with E-state index in [1.165, 1.54) is 6.92 Å². The Morgan fingerprint density at radius 2 is 2.07 bits per heavy atom. The summed E-state index contributed by atoms with van der Waals surface area (Å²) in [6.45, 7) is 1.81. The standard InChI is InChI=1S/C19H16F3N3O3S/c1-9-6-11(19(20,21)22)14-15(23)16(29-18(14)25-9)17(26)24-7-10-8-27-12-4-2-3-5-13(12)28-10/h2-6,10H,7-8,23H2,1H3,(H,24,26). The highest BCUT2D eigenvalue weighted by Gasteiger charge is 2.36. The van der Waals surface area contributed by atoms with Gasteiger partial charge >= 0.3 is 6.18 Å². The first-order valence-electron chi connectivity index (χ1n) is 8.67. The van der Waals surface area contributed by atoms with Crippen molar-refractivity contribution in [3.63, 3.8) is 0 Å². The number of carbonyl (C=O) groups excluding carboxylic acids is 1. The second-order valence-electron chi connectivity index (χ2n) is 6.54. The Bertz CT molecular complexity index is 1100. The van der Waals surface area contributed by atoms with Gasteiger partial charge < -0.3 is 20.5 Å². The largest absolute Gasteiger partial charge is 0.486 e. The van der Waals surface area contributed by atoms with Gasteiger partial charge in [0.25, 0.3) is 5.91 Å². The minimum atomic E-state index is -4.60. The summed E-state index contributed by atoms with van der Waals surface area (Å²) >= 11 is 0.831. The molecule has 1 unspecified atom stereocenters. The number of hydrogen-bond donors (Lipinski definition) is 2. The van der Waals surface area contributed by atoms with Crippen LogP contribution in [0.1, 0.15) is 20.9 Å². The molecule has 1 aromatic carbocycles. The summed E-state index contributed by atoms with van der Waals surface area (Å²) in [5, 5.41) is 2.41. The molecule has 152 valence electrons. The molecule has 1 amide bonds. The average Bonchev–Trinajstić information content (AvgIpc) is 3.00. The number of anilines is 1. The predicted molar refractivity (Wildman–Crippen MR) is 102 cm³/mol. The summed E-state index contributed by atoms with van der Waals surface area (Å²) in [6, 6.07) is 8.07. The molecule has 0 bridgehead atoms. The second kappa shape index (κ2) is 7.11. The average molecular weight is 423 g/mol. The minimum absolute atomic E-state index is 0.0132. The van der Waals surface area contributed by atoms with Gasteiger partial charge in [0.05, 0.1) is 17.8 Å². The van der Waals surface area contributed by atoms with E-state index in [2.05, 4.69) is 10.3 Å². The van der Waals surface area contributed by atoms with Crippen molar-refractivity contribution in [1.82, 2.24) is 10.3 Å². The van der Waals surface area contributed by atoms with E-state index in [1.807, 2.05) is 6.07 Å². The number of thiophene rings is 1. The van der Waals surface area contributed by atoms with E-state index in [9.17, 15) is 18.0 Å². The molecule has 6 nitrogen and oxygen atoms in total. The predicted octanol–water partition coefficient (Wildman–Crippen LogP) is 3.78. The van der Waals surface area contributed by atoms with E-state index in [1.54, 1.807) is 18.2 Å². The van der Waals surface area contributed by atoms with Crippen LogP contribution in [0, 0.1) is 6.92 Å². The lowest BCUT2D eigenvalue weighted by Gasteiger charge is -2.26. The normalized spacial score (nSPS) is 16.1. The van der Waals surface area contributed by atoms with Crippen LogP contribution in [0.3, 0.4) is 0 Å². The molecule has 0 saturated heterocycles. The summed E-state index contributed by atoms with van der Waals surface area (Å²) in [5.41, 5.74) is 4.99. The van der Waals surface area contributed by atoms with Crippen molar-refractivity contribution in [2.75, 3.05) is 18.9 Å². The van der Waals surface area contributed by atoms with Gasteiger partial charge in [-0.2, -0.15) is 13.2 Å². The zero-order chi connectivity index (χ0) is 20.8. The van der Waals surface area contributed by atoms with Crippen LogP contribution in [0.25, 0.3) is 10.2 Å². The third-order valence-electron chi connectivity index (χ3n) is 4.40. The van der Waals surface area contributed by atoms with Gasteiger partial charge in [0.1, 0.15) is 22.4 Å². The molecule has 1 aliphatic rings. The molecule has 4 rings (SSSR count). The minimum Gasteiger partial charge on any atom is -0.486 e. The molecule has 3 heterocycles. The number of alkyl halides is 3. The number of rotatable bonds is 3. The van der Waals surface area contributed by atoms with Crippen molar-refractivity contribution in [2.45, 2.75) is 19.2 Å². The van der Waals surface area contributed by atoms with Crippen LogP contribution < -0.4 is 20.5 Å². The van der Waals surface area contributed by atoms with Gasteiger partial charge in [-0.15, -0.1) is 11.3 Å². The number of halogens is 3. The van der Waals surface area contributed by atoms with Gasteiger partial charge in [0, 0.05) is 11.1 Å². The van der Waals surface area contributed by atoms with Crippen molar-refractivity contribution in [3.05, 3.63) is 46.5 Å². The lowest BCUT2D eigenvalue weighted by molar-refractivity contribution is -0.136. The molecule has 29 heavy (non-hydrogen) atoms. The Hall–Kier alpha value is -3.01. The third kappa shape index (κ3) is 3.67. The molecule has 2 aromatic heterocycles. The fraction of sp³-hybridized carbons (Fsp3) is 0.263. The third-order valence-corrected chi connectivity index (χ3v) is 5.49. The van der Waals surface area contributed by atoms with Crippen molar-refractivity contribution < 1.29 is 27.4 Å². The number of carbonyl (C=O) groups is 1. The van der Waals surface area contributed by atoms with E-state index in [-0.39, 0.29) is 39.6 Å². The van der Waals surface area contributed by atoms with Gasteiger partial charge in [-0.25, -0.2) is 4.98 Å². The van der Waals surface area contributed by atoms with Crippen LogP contribution in [-0.4, -0.2) is 30.1 Å². The Labute approximate surface area is 167 Å². The number of fused-ring (bicyclic) bond motifs is 2. The van der Waals surface area contributed by atoms with E-state index >= 15 is 0 Å². The highest BCUT2D eigenvalue weighted by molar-refractivity contribution is 7.21. The number of aromatic nitrogens is 1. The first-order valence-corrected chi connectivity index (χ1v) is 9.49. The summed E-state index contributed by atoms with van der Waals surface area (Å²) in [6.07, 6.45) is -5.04. The number of pyridine rings is 1. The van der Waals surface area contributed by atoms with Gasteiger partial charge in [0.15, 0.2) is 11.5 Å². The number of amides is 1. The van der Waals surface area contributed by atoms with Crippen LogP contribution in [0.2, 0.25) is 0 Å². The van der Waals surface area contributed by atoms with E-state index in [4.69, 9.17) is 15.2 Å². The van der Waals surface area contributed by atoms with Gasteiger partial charge in [0.2, 0.25) is 0 Å². The number of benzene rings is 1. The number of nitrogens with two attached hydrogens (primary N) is 1. The number of hydrogen-bond acceptors (Lipinski definition) is 6. The molecule has 3 aromatic rings. The van der Waals surface area contributed by atoms with Gasteiger partial charge in [-0.1, -0.05) is 12.1 Å². The number of nitrogens with zero attached hydrogens (tertiary/aromatic N) is 1. The summed E-state index contributed by atoms with van der Waals surface area (Å²) in [5.74, 6) is 0.595. The van der Waals surface area contributed by atoms with Crippen molar-refractivity contribution in [1.29, 1.82) is 0 Å². The van der Waals surface area contributed by atoms with Crippen LogP contribution >= 0.6 is 11.3 Å². The molecular weight excluding hydrogens is 407 g/mol. The maximum Gasteiger partial charge on any atom is 0.417 e. The van der Waals surface area contributed by atoms with Crippen LogP contribution in [0.15, 0.2) is 30.3 Å². The number of aryl methyl sites for hydroxylation is 1.